The molecule has 1 N–H and O–H groups in total. The molecule has 2 aromatic rings. The monoisotopic (exact) mass is 292 g/mol. The summed E-state index contributed by atoms with van der Waals surface area (Å²) in [5.41, 5.74) is 1.87. The fourth-order valence-corrected chi connectivity index (χ4v) is 2.84. The van der Waals surface area contributed by atoms with Crippen LogP contribution in [0.25, 0.3) is 10.7 Å². The molecule has 0 saturated heterocycles. The van der Waals surface area contributed by atoms with Crippen molar-refractivity contribution in [1.29, 1.82) is 0 Å². The Hall–Kier alpha value is -1.37. The normalized spacial score (nSPS) is 10.9. The summed E-state index contributed by atoms with van der Waals surface area (Å²) in [6, 6.07) is 1.89. The van der Waals surface area contributed by atoms with Crippen LogP contribution < -0.4 is 5.32 Å². The van der Waals surface area contributed by atoms with Gasteiger partial charge in [0.2, 0.25) is 0 Å². The minimum absolute atomic E-state index is 0.531. The van der Waals surface area contributed by atoms with Gasteiger partial charge in [0.05, 0.1) is 12.3 Å². The molecular formula is C14H20N4OS. The third-order valence-electron chi connectivity index (χ3n) is 2.77. The first-order valence-electron chi connectivity index (χ1n) is 6.72. The molecule has 0 spiro atoms. The van der Waals surface area contributed by atoms with Gasteiger partial charge in [0.15, 0.2) is 0 Å². The van der Waals surface area contributed by atoms with Gasteiger partial charge in [0.25, 0.3) is 0 Å². The molecule has 108 valence electrons. The van der Waals surface area contributed by atoms with Crippen LogP contribution in [0.5, 0.6) is 0 Å². The van der Waals surface area contributed by atoms with E-state index in [-0.39, 0.29) is 0 Å². The average molecular weight is 292 g/mol. The molecule has 0 unspecified atom stereocenters. The van der Waals surface area contributed by atoms with Crippen molar-refractivity contribution in [1.82, 2.24) is 20.3 Å². The number of thiazole rings is 1. The van der Waals surface area contributed by atoms with E-state index < -0.39 is 0 Å². The molecule has 6 heteroatoms. The minimum Gasteiger partial charge on any atom is -0.378 e. The smallest absolute Gasteiger partial charge is 0.142 e. The van der Waals surface area contributed by atoms with Crippen molar-refractivity contribution in [3.63, 3.8) is 0 Å². The Labute approximate surface area is 123 Å². The molecule has 2 heterocycles. The van der Waals surface area contributed by atoms with Crippen molar-refractivity contribution in [3.8, 4) is 10.7 Å². The molecule has 2 aromatic heterocycles. The van der Waals surface area contributed by atoms with Crippen molar-refractivity contribution < 1.29 is 4.74 Å². The second-order valence-corrected chi connectivity index (χ2v) is 5.57. The molecule has 0 aliphatic rings. The van der Waals surface area contributed by atoms with Crippen LogP contribution in [-0.4, -0.2) is 28.6 Å². The lowest BCUT2D eigenvalue weighted by Crippen LogP contribution is -2.14. The highest BCUT2D eigenvalue weighted by Gasteiger charge is 2.13. The van der Waals surface area contributed by atoms with Crippen molar-refractivity contribution in [2.75, 3.05) is 13.7 Å². The van der Waals surface area contributed by atoms with E-state index in [2.05, 4.69) is 27.2 Å². The van der Waals surface area contributed by atoms with Gasteiger partial charge in [-0.2, -0.15) is 0 Å². The Morgan fingerprint density at radius 1 is 1.35 bits per heavy atom. The van der Waals surface area contributed by atoms with Gasteiger partial charge in [0, 0.05) is 24.7 Å². The lowest BCUT2D eigenvalue weighted by molar-refractivity contribution is 0.181. The number of nitrogens with zero attached hydrogens (tertiary/aromatic N) is 3. The Morgan fingerprint density at radius 2 is 2.20 bits per heavy atom. The van der Waals surface area contributed by atoms with Crippen LogP contribution in [0, 0.1) is 6.92 Å². The average Bonchev–Trinajstić information content (AvgIpc) is 2.83. The maximum Gasteiger partial charge on any atom is 0.142 e. The summed E-state index contributed by atoms with van der Waals surface area (Å²) in [6.45, 7) is 6.41. The van der Waals surface area contributed by atoms with E-state index in [1.54, 1.807) is 24.6 Å². The number of methoxy groups -OCH3 is 1. The zero-order chi connectivity index (χ0) is 14.4. The highest BCUT2D eigenvalue weighted by atomic mass is 32.1. The molecular weight excluding hydrogens is 272 g/mol. The summed E-state index contributed by atoms with van der Waals surface area (Å²) < 4.78 is 5.23. The second-order valence-electron chi connectivity index (χ2n) is 4.49. The fraction of sp³-hybridized carbons (Fsp3) is 0.500. The topological polar surface area (TPSA) is 59.9 Å². The van der Waals surface area contributed by atoms with E-state index in [0.717, 1.165) is 41.7 Å². The Morgan fingerprint density at radius 3 is 2.90 bits per heavy atom. The number of hydrogen-bond donors (Lipinski definition) is 1. The number of nitrogens with one attached hydrogen (secondary N) is 1. The first-order chi connectivity index (χ1) is 9.74. The van der Waals surface area contributed by atoms with Crippen LogP contribution in [0.1, 0.15) is 29.7 Å². The van der Waals surface area contributed by atoms with E-state index in [0.29, 0.717) is 6.61 Å². The fourth-order valence-electron chi connectivity index (χ4n) is 1.83. The maximum atomic E-state index is 5.23. The molecule has 0 aliphatic carbocycles. The van der Waals surface area contributed by atoms with E-state index >= 15 is 0 Å². The molecule has 0 atom stereocenters. The van der Waals surface area contributed by atoms with E-state index in [4.69, 9.17) is 4.74 Å². The van der Waals surface area contributed by atoms with Gasteiger partial charge >= 0.3 is 0 Å². The van der Waals surface area contributed by atoms with Crippen LogP contribution in [-0.2, 0) is 17.9 Å². The van der Waals surface area contributed by atoms with Gasteiger partial charge in [-0.1, -0.05) is 6.92 Å². The van der Waals surface area contributed by atoms with E-state index in [9.17, 15) is 0 Å². The van der Waals surface area contributed by atoms with Crippen LogP contribution >= 0.6 is 11.3 Å². The first-order valence-corrected chi connectivity index (χ1v) is 7.54. The van der Waals surface area contributed by atoms with Crippen LogP contribution in [0.3, 0.4) is 0 Å². The quantitative estimate of drug-likeness (QED) is 0.795. The number of hydrogen-bond acceptors (Lipinski definition) is 6. The number of rotatable bonds is 7. The van der Waals surface area contributed by atoms with Crippen LogP contribution in [0.4, 0.5) is 0 Å². The molecule has 0 saturated carbocycles. The van der Waals surface area contributed by atoms with Gasteiger partial charge in [-0.05, 0) is 26.0 Å². The SMILES string of the molecule is CCCNCc1sc(-c2ccnc(C)n2)nc1COC. The number of aromatic nitrogens is 3. The van der Waals surface area contributed by atoms with Gasteiger partial charge in [-0.25, -0.2) is 15.0 Å². The predicted molar refractivity (Wildman–Crippen MR) is 80.6 cm³/mol. The molecule has 0 amide bonds. The number of aryl methyl sites for hydroxylation is 1. The lowest BCUT2D eigenvalue weighted by Gasteiger charge is -2.02. The van der Waals surface area contributed by atoms with Gasteiger partial charge < -0.3 is 10.1 Å². The van der Waals surface area contributed by atoms with Crippen molar-refractivity contribution in [2.45, 2.75) is 33.4 Å². The third kappa shape index (κ3) is 3.82. The van der Waals surface area contributed by atoms with Crippen molar-refractivity contribution in [2.24, 2.45) is 0 Å². The van der Waals surface area contributed by atoms with Gasteiger partial charge in [-0.3, -0.25) is 0 Å². The second kappa shape index (κ2) is 7.42. The summed E-state index contributed by atoms with van der Waals surface area (Å²) in [6.07, 6.45) is 2.89. The zero-order valence-electron chi connectivity index (χ0n) is 12.1. The molecule has 0 aromatic carbocycles. The predicted octanol–water partition coefficient (Wildman–Crippen LogP) is 2.55. The molecule has 2 rings (SSSR count). The highest BCUT2D eigenvalue weighted by molar-refractivity contribution is 7.15. The summed E-state index contributed by atoms with van der Waals surface area (Å²) in [4.78, 5) is 14.4. The van der Waals surface area contributed by atoms with Gasteiger partial charge in [0.1, 0.15) is 16.5 Å². The lowest BCUT2D eigenvalue weighted by atomic mass is 10.3. The largest absolute Gasteiger partial charge is 0.378 e. The molecule has 0 bridgehead atoms. The summed E-state index contributed by atoms with van der Waals surface area (Å²) in [5, 5.41) is 4.34. The summed E-state index contributed by atoms with van der Waals surface area (Å²) in [7, 11) is 1.69. The molecule has 0 fully saturated rings. The van der Waals surface area contributed by atoms with Crippen molar-refractivity contribution >= 4 is 11.3 Å². The Kier molecular flexibility index (Phi) is 5.58. The molecule has 5 nitrogen and oxygen atoms in total. The van der Waals surface area contributed by atoms with Crippen LogP contribution in [0.15, 0.2) is 12.3 Å². The highest BCUT2D eigenvalue weighted by Crippen LogP contribution is 2.27. The first kappa shape index (κ1) is 15.0. The molecule has 20 heavy (non-hydrogen) atoms. The third-order valence-corrected chi connectivity index (χ3v) is 3.89. The Bertz CT molecular complexity index is 556. The summed E-state index contributed by atoms with van der Waals surface area (Å²) >= 11 is 1.67. The van der Waals surface area contributed by atoms with E-state index in [1.807, 2.05) is 13.0 Å². The minimum atomic E-state index is 0.531. The number of ether oxygens (including phenoxy) is 1. The standard InChI is InChI=1S/C14H20N4OS/c1-4-6-15-8-13-12(9-19-3)18-14(20-13)11-5-7-16-10(2)17-11/h5,7,15H,4,6,8-9H2,1-3H3. The van der Waals surface area contributed by atoms with Crippen LogP contribution in [0.2, 0.25) is 0 Å². The zero-order valence-corrected chi connectivity index (χ0v) is 13.0. The summed E-state index contributed by atoms with van der Waals surface area (Å²) in [5.74, 6) is 0.761. The molecule has 0 radical (unpaired) electrons. The van der Waals surface area contributed by atoms with E-state index in [1.165, 1.54) is 4.88 Å². The Balaban J connectivity index is 2.23. The van der Waals surface area contributed by atoms with Crippen molar-refractivity contribution in [3.05, 3.63) is 28.7 Å². The van der Waals surface area contributed by atoms with Gasteiger partial charge in [-0.15, -0.1) is 11.3 Å². The molecule has 0 aliphatic heterocycles. The maximum absolute atomic E-state index is 5.23.